The number of nitrogens with zero attached hydrogens (tertiary/aromatic N) is 2. The van der Waals surface area contributed by atoms with Gasteiger partial charge in [-0.2, -0.15) is 0 Å². The van der Waals surface area contributed by atoms with Crippen LogP contribution in [0.15, 0.2) is 36.5 Å². The SMILES string of the molecule is NCCNc1cc2c(c(Nc3ccc(N4CCOCC4)cc3)n1)CNC=C2. The van der Waals surface area contributed by atoms with Crippen molar-refractivity contribution in [1.82, 2.24) is 10.3 Å². The van der Waals surface area contributed by atoms with Crippen molar-refractivity contribution in [3.63, 3.8) is 0 Å². The Labute approximate surface area is 159 Å². The molecule has 5 N–H and O–H groups in total. The zero-order valence-corrected chi connectivity index (χ0v) is 15.4. The molecule has 0 saturated carbocycles. The van der Waals surface area contributed by atoms with E-state index in [1.165, 1.54) is 5.69 Å². The fourth-order valence-electron chi connectivity index (χ4n) is 3.34. The lowest BCUT2D eigenvalue weighted by atomic mass is 10.1. The summed E-state index contributed by atoms with van der Waals surface area (Å²) >= 11 is 0. The van der Waals surface area contributed by atoms with Crippen LogP contribution in [0, 0.1) is 0 Å². The van der Waals surface area contributed by atoms with E-state index in [2.05, 4.69) is 57.3 Å². The molecule has 142 valence electrons. The van der Waals surface area contributed by atoms with Crippen LogP contribution in [0.5, 0.6) is 0 Å². The third-order valence-electron chi connectivity index (χ3n) is 4.78. The molecule has 0 unspecified atom stereocenters. The third kappa shape index (κ3) is 4.15. The zero-order valence-electron chi connectivity index (χ0n) is 15.4. The van der Waals surface area contributed by atoms with E-state index in [-0.39, 0.29) is 0 Å². The Balaban J connectivity index is 1.55. The maximum atomic E-state index is 5.61. The minimum absolute atomic E-state index is 0.571. The second kappa shape index (κ2) is 8.28. The summed E-state index contributed by atoms with van der Waals surface area (Å²) in [7, 11) is 0. The molecule has 0 spiro atoms. The second-order valence-electron chi connectivity index (χ2n) is 6.62. The van der Waals surface area contributed by atoms with Crippen molar-refractivity contribution in [1.29, 1.82) is 0 Å². The van der Waals surface area contributed by atoms with E-state index >= 15 is 0 Å². The van der Waals surface area contributed by atoms with Crippen LogP contribution in [0.25, 0.3) is 6.08 Å². The van der Waals surface area contributed by atoms with Crippen LogP contribution in [-0.4, -0.2) is 44.4 Å². The molecule has 0 atom stereocenters. The summed E-state index contributed by atoms with van der Waals surface area (Å²) in [5.41, 5.74) is 10.2. The molecule has 0 aliphatic carbocycles. The van der Waals surface area contributed by atoms with Crippen LogP contribution in [0.4, 0.5) is 23.0 Å². The molecular weight excluding hydrogens is 340 g/mol. The molecule has 1 saturated heterocycles. The molecule has 0 radical (unpaired) electrons. The van der Waals surface area contributed by atoms with Crippen molar-refractivity contribution >= 4 is 29.1 Å². The van der Waals surface area contributed by atoms with E-state index in [0.29, 0.717) is 13.1 Å². The van der Waals surface area contributed by atoms with Crippen LogP contribution in [0.1, 0.15) is 11.1 Å². The van der Waals surface area contributed by atoms with E-state index < -0.39 is 0 Å². The van der Waals surface area contributed by atoms with Gasteiger partial charge in [-0.15, -0.1) is 0 Å². The molecule has 1 fully saturated rings. The number of benzene rings is 1. The average Bonchev–Trinajstić information content (AvgIpc) is 2.73. The van der Waals surface area contributed by atoms with Crippen LogP contribution < -0.4 is 26.6 Å². The number of hydrogen-bond acceptors (Lipinski definition) is 7. The number of aromatic nitrogens is 1. The Morgan fingerprint density at radius 1 is 1.19 bits per heavy atom. The van der Waals surface area contributed by atoms with Gasteiger partial charge in [0.05, 0.1) is 13.2 Å². The molecule has 3 heterocycles. The summed E-state index contributed by atoms with van der Waals surface area (Å²) in [5, 5.41) is 10.0. The number of nitrogens with two attached hydrogens (primary N) is 1. The van der Waals surface area contributed by atoms with Gasteiger partial charge in [0.25, 0.3) is 0 Å². The number of pyridine rings is 1. The Morgan fingerprint density at radius 2 is 2.00 bits per heavy atom. The molecule has 4 rings (SSSR count). The zero-order chi connectivity index (χ0) is 18.5. The largest absolute Gasteiger partial charge is 0.387 e. The van der Waals surface area contributed by atoms with Crippen molar-refractivity contribution in [2.24, 2.45) is 5.73 Å². The molecule has 7 heteroatoms. The number of nitrogens with one attached hydrogen (secondary N) is 3. The van der Waals surface area contributed by atoms with E-state index in [4.69, 9.17) is 15.5 Å². The topological polar surface area (TPSA) is 87.5 Å². The predicted octanol–water partition coefficient (Wildman–Crippen LogP) is 2.11. The Bertz CT molecular complexity index is 799. The van der Waals surface area contributed by atoms with E-state index in [0.717, 1.165) is 61.3 Å². The Morgan fingerprint density at radius 3 is 2.78 bits per heavy atom. The highest BCUT2D eigenvalue weighted by Crippen LogP contribution is 2.28. The van der Waals surface area contributed by atoms with Crippen molar-refractivity contribution in [2.45, 2.75) is 6.54 Å². The quantitative estimate of drug-likeness (QED) is 0.623. The smallest absolute Gasteiger partial charge is 0.138 e. The number of anilines is 4. The van der Waals surface area contributed by atoms with Gasteiger partial charge in [0, 0.05) is 49.7 Å². The van der Waals surface area contributed by atoms with Crippen molar-refractivity contribution in [3.05, 3.63) is 47.7 Å². The molecule has 2 aliphatic heterocycles. The first kappa shape index (κ1) is 17.6. The van der Waals surface area contributed by atoms with Gasteiger partial charge >= 0.3 is 0 Å². The van der Waals surface area contributed by atoms with E-state index in [1.807, 2.05) is 6.20 Å². The number of ether oxygens (including phenoxy) is 1. The van der Waals surface area contributed by atoms with Crippen LogP contribution in [-0.2, 0) is 11.3 Å². The van der Waals surface area contributed by atoms with Crippen LogP contribution >= 0.6 is 0 Å². The van der Waals surface area contributed by atoms with Gasteiger partial charge in [0.2, 0.25) is 0 Å². The number of hydrogen-bond donors (Lipinski definition) is 4. The number of rotatable bonds is 6. The lowest BCUT2D eigenvalue weighted by molar-refractivity contribution is 0.122. The summed E-state index contributed by atoms with van der Waals surface area (Å²) in [6, 6.07) is 10.6. The highest BCUT2D eigenvalue weighted by Gasteiger charge is 2.14. The Hall–Kier alpha value is -2.77. The molecule has 27 heavy (non-hydrogen) atoms. The number of morpholine rings is 1. The highest BCUT2D eigenvalue weighted by molar-refractivity contribution is 5.71. The van der Waals surface area contributed by atoms with Gasteiger partial charge in [-0.3, -0.25) is 0 Å². The molecule has 0 amide bonds. The minimum Gasteiger partial charge on any atom is -0.387 e. The van der Waals surface area contributed by atoms with Gasteiger partial charge in [0.15, 0.2) is 0 Å². The van der Waals surface area contributed by atoms with Gasteiger partial charge in [-0.05, 0) is 48.2 Å². The second-order valence-corrected chi connectivity index (χ2v) is 6.62. The van der Waals surface area contributed by atoms with E-state index in [9.17, 15) is 0 Å². The summed E-state index contributed by atoms with van der Waals surface area (Å²) in [4.78, 5) is 7.10. The van der Waals surface area contributed by atoms with Crippen LogP contribution in [0.3, 0.4) is 0 Å². The fraction of sp³-hybridized carbons (Fsp3) is 0.350. The lowest BCUT2D eigenvalue weighted by Crippen LogP contribution is -2.36. The fourth-order valence-corrected chi connectivity index (χ4v) is 3.34. The van der Waals surface area contributed by atoms with E-state index in [1.54, 1.807) is 0 Å². The van der Waals surface area contributed by atoms with Gasteiger partial charge in [-0.25, -0.2) is 4.98 Å². The monoisotopic (exact) mass is 366 g/mol. The molecular formula is C20H26N6O. The maximum absolute atomic E-state index is 5.61. The van der Waals surface area contributed by atoms with Crippen molar-refractivity contribution in [3.8, 4) is 0 Å². The summed E-state index contributed by atoms with van der Waals surface area (Å²) in [5.74, 6) is 1.70. The lowest BCUT2D eigenvalue weighted by Gasteiger charge is -2.29. The van der Waals surface area contributed by atoms with Gasteiger partial charge in [0.1, 0.15) is 11.6 Å². The molecule has 2 aliphatic rings. The first-order valence-electron chi connectivity index (χ1n) is 9.41. The predicted molar refractivity (Wildman–Crippen MR) is 110 cm³/mol. The third-order valence-corrected chi connectivity index (χ3v) is 4.78. The van der Waals surface area contributed by atoms with Crippen molar-refractivity contribution in [2.75, 3.05) is 54.9 Å². The molecule has 2 aromatic rings. The Kier molecular flexibility index (Phi) is 5.41. The van der Waals surface area contributed by atoms with Gasteiger partial charge < -0.3 is 31.3 Å². The van der Waals surface area contributed by atoms with Crippen LogP contribution in [0.2, 0.25) is 0 Å². The molecule has 0 bridgehead atoms. The summed E-state index contributed by atoms with van der Waals surface area (Å²) in [6.45, 7) is 5.48. The maximum Gasteiger partial charge on any atom is 0.138 e. The van der Waals surface area contributed by atoms with Gasteiger partial charge in [-0.1, -0.05) is 0 Å². The standard InChI is InChI=1S/C20H26N6O/c21-6-8-23-19-13-15-5-7-22-14-18(15)20(25-19)24-16-1-3-17(4-2-16)26-9-11-27-12-10-26/h1-5,7,13,22H,6,8-12,14,21H2,(H2,23,24,25). The summed E-state index contributed by atoms with van der Waals surface area (Å²) in [6.07, 6.45) is 4.04. The van der Waals surface area contributed by atoms with Crippen molar-refractivity contribution < 1.29 is 4.74 Å². The molecule has 1 aromatic heterocycles. The average molecular weight is 366 g/mol. The first-order chi connectivity index (χ1) is 13.3. The minimum atomic E-state index is 0.571. The molecule has 1 aromatic carbocycles. The first-order valence-corrected chi connectivity index (χ1v) is 9.41. The summed E-state index contributed by atoms with van der Waals surface area (Å²) < 4.78 is 5.43. The normalized spacial score (nSPS) is 15.8. The number of fused-ring (bicyclic) bond motifs is 1. The molecule has 7 nitrogen and oxygen atoms in total. The highest BCUT2D eigenvalue weighted by atomic mass is 16.5.